The van der Waals surface area contributed by atoms with Gasteiger partial charge in [0.15, 0.2) is 0 Å². The maximum atomic E-state index is 12.0. The molecule has 0 bridgehead atoms. The van der Waals surface area contributed by atoms with Gasteiger partial charge in [0, 0.05) is 18.3 Å². The molecular formula is C15H18N2O4. The smallest absolute Gasteiger partial charge is 0.328 e. The van der Waals surface area contributed by atoms with Gasteiger partial charge in [-0.25, -0.2) is 9.59 Å². The van der Waals surface area contributed by atoms with E-state index in [1.54, 1.807) is 36.1 Å². The van der Waals surface area contributed by atoms with Crippen molar-refractivity contribution >= 4 is 23.8 Å². The molecule has 112 valence electrons. The van der Waals surface area contributed by atoms with Crippen LogP contribution in [0.15, 0.2) is 30.3 Å². The van der Waals surface area contributed by atoms with Gasteiger partial charge in [-0.05, 0) is 37.1 Å². The standard InChI is InChI=1S/C15H18N2O4/c1-15(21)8-9-17(10-15)14(20)16-12-5-2-11(3-6-12)4-7-13(18)19/h2-7,21H,8-10H2,1H3,(H,16,20)(H,18,19)/b7-4+. The Labute approximate surface area is 122 Å². The molecule has 1 saturated heterocycles. The summed E-state index contributed by atoms with van der Waals surface area (Å²) >= 11 is 0. The third-order valence-electron chi connectivity index (χ3n) is 3.32. The first-order valence-electron chi connectivity index (χ1n) is 6.65. The highest BCUT2D eigenvalue weighted by molar-refractivity contribution is 5.90. The lowest BCUT2D eigenvalue weighted by Crippen LogP contribution is -2.36. The number of likely N-dealkylation sites (tertiary alicyclic amines) is 1. The summed E-state index contributed by atoms with van der Waals surface area (Å²) in [6.45, 7) is 2.56. The van der Waals surface area contributed by atoms with Crippen LogP contribution in [-0.2, 0) is 4.79 Å². The normalized spacial score (nSPS) is 21.7. The van der Waals surface area contributed by atoms with E-state index in [0.717, 1.165) is 11.6 Å². The second kappa shape index (κ2) is 5.97. The van der Waals surface area contributed by atoms with Crippen molar-refractivity contribution in [3.63, 3.8) is 0 Å². The quantitative estimate of drug-likeness (QED) is 0.740. The molecule has 1 aliphatic rings. The molecule has 0 aliphatic carbocycles. The summed E-state index contributed by atoms with van der Waals surface area (Å²) in [6, 6.07) is 6.59. The van der Waals surface area contributed by atoms with E-state index in [1.807, 2.05) is 0 Å². The zero-order chi connectivity index (χ0) is 15.5. The van der Waals surface area contributed by atoms with E-state index in [4.69, 9.17) is 5.11 Å². The van der Waals surface area contributed by atoms with E-state index in [0.29, 0.717) is 25.2 Å². The van der Waals surface area contributed by atoms with Crippen LogP contribution in [0.1, 0.15) is 18.9 Å². The highest BCUT2D eigenvalue weighted by Crippen LogP contribution is 2.21. The molecule has 0 aromatic heterocycles. The average molecular weight is 290 g/mol. The fraction of sp³-hybridized carbons (Fsp3) is 0.333. The second-order valence-corrected chi connectivity index (χ2v) is 5.39. The summed E-state index contributed by atoms with van der Waals surface area (Å²) in [6.07, 6.45) is 3.10. The van der Waals surface area contributed by atoms with Crippen molar-refractivity contribution in [2.75, 3.05) is 18.4 Å². The predicted octanol–water partition coefficient (Wildman–Crippen LogP) is 1.77. The van der Waals surface area contributed by atoms with Gasteiger partial charge >= 0.3 is 12.0 Å². The van der Waals surface area contributed by atoms with Crippen molar-refractivity contribution < 1.29 is 19.8 Å². The topological polar surface area (TPSA) is 89.9 Å². The zero-order valence-electron chi connectivity index (χ0n) is 11.7. The molecule has 1 aromatic carbocycles. The fourth-order valence-electron chi connectivity index (χ4n) is 2.17. The van der Waals surface area contributed by atoms with Crippen LogP contribution in [0.25, 0.3) is 6.08 Å². The maximum Gasteiger partial charge on any atom is 0.328 e. The SMILES string of the molecule is CC1(O)CCN(C(=O)Nc2ccc(/C=C/C(=O)O)cc2)C1. The van der Waals surface area contributed by atoms with Crippen LogP contribution < -0.4 is 5.32 Å². The molecule has 1 aromatic rings. The molecule has 2 amide bonds. The number of nitrogens with zero attached hydrogens (tertiary/aromatic N) is 1. The Morgan fingerprint density at radius 2 is 2.00 bits per heavy atom. The zero-order valence-corrected chi connectivity index (χ0v) is 11.7. The van der Waals surface area contributed by atoms with Crippen molar-refractivity contribution in [1.82, 2.24) is 4.90 Å². The molecule has 3 N–H and O–H groups in total. The molecule has 6 nitrogen and oxygen atoms in total. The van der Waals surface area contributed by atoms with E-state index in [2.05, 4.69) is 5.32 Å². The first-order valence-corrected chi connectivity index (χ1v) is 6.65. The van der Waals surface area contributed by atoms with Crippen molar-refractivity contribution in [2.45, 2.75) is 18.9 Å². The van der Waals surface area contributed by atoms with E-state index < -0.39 is 11.6 Å². The summed E-state index contributed by atoms with van der Waals surface area (Å²) in [4.78, 5) is 24.0. The van der Waals surface area contributed by atoms with E-state index in [-0.39, 0.29) is 6.03 Å². The molecule has 21 heavy (non-hydrogen) atoms. The molecule has 0 radical (unpaired) electrons. The highest BCUT2D eigenvalue weighted by atomic mass is 16.4. The number of urea groups is 1. The monoisotopic (exact) mass is 290 g/mol. The molecule has 0 spiro atoms. The lowest BCUT2D eigenvalue weighted by Gasteiger charge is -2.19. The molecule has 1 atom stereocenters. The number of nitrogens with one attached hydrogen (secondary N) is 1. The summed E-state index contributed by atoms with van der Waals surface area (Å²) in [7, 11) is 0. The summed E-state index contributed by atoms with van der Waals surface area (Å²) in [5.74, 6) is -1.01. The maximum absolute atomic E-state index is 12.0. The van der Waals surface area contributed by atoms with E-state index >= 15 is 0 Å². The number of hydrogen-bond donors (Lipinski definition) is 3. The number of hydrogen-bond acceptors (Lipinski definition) is 3. The van der Waals surface area contributed by atoms with Crippen LogP contribution in [0.3, 0.4) is 0 Å². The van der Waals surface area contributed by atoms with Crippen molar-refractivity contribution in [2.24, 2.45) is 0 Å². The molecule has 1 heterocycles. The van der Waals surface area contributed by atoms with Crippen molar-refractivity contribution in [3.8, 4) is 0 Å². The first-order chi connectivity index (χ1) is 9.85. The van der Waals surface area contributed by atoms with Crippen LogP contribution in [0.2, 0.25) is 0 Å². The number of aliphatic hydroxyl groups is 1. The Bertz CT molecular complexity index is 564. The van der Waals surface area contributed by atoms with Gasteiger partial charge in [-0.1, -0.05) is 12.1 Å². The van der Waals surface area contributed by atoms with Gasteiger partial charge in [0.1, 0.15) is 0 Å². The van der Waals surface area contributed by atoms with Gasteiger partial charge in [-0.3, -0.25) is 0 Å². The third kappa shape index (κ3) is 4.32. The number of β-amino-alcohol motifs (C(OH)–C–C–N with tert-alkyl or cyclic N) is 1. The first kappa shape index (κ1) is 15.1. The van der Waals surface area contributed by atoms with Gasteiger partial charge in [0.25, 0.3) is 0 Å². The summed E-state index contributed by atoms with van der Waals surface area (Å²) in [5.41, 5.74) is 0.543. The van der Waals surface area contributed by atoms with Gasteiger partial charge in [-0.2, -0.15) is 0 Å². The molecule has 1 fully saturated rings. The lowest BCUT2D eigenvalue weighted by atomic mass is 10.1. The van der Waals surface area contributed by atoms with Gasteiger partial charge in [0.2, 0.25) is 0 Å². The number of rotatable bonds is 3. The molecular weight excluding hydrogens is 272 g/mol. The van der Waals surface area contributed by atoms with E-state index in [9.17, 15) is 14.7 Å². The Morgan fingerprint density at radius 1 is 1.33 bits per heavy atom. The summed E-state index contributed by atoms with van der Waals surface area (Å²) < 4.78 is 0. The number of carbonyl (C=O) groups is 2. The van der Waals surface area contributed by atoms with Gasteiger partial charge < -0.3 is 20.4 Å². The van der Waals surface area contributed by atoms with E-state index in [1.165, 1.54) is 6.08 Å². The molecule has 1 unspecified atom stereocenters. The minimum atomic E-state index is -1.01. The third-order valence-corrected chi connectivity index (χ3v) is 3.32. The number of aliphatic carboxylic acids is 1. The number of carbonyl (C=O) groups excluding carboxylic acids is 1. The predicted molar refractivity (Wildman–Crippen MR) is 78.9 cm³/mol. The number of anilines is 1. The van der Waals surface area contributed by atoms with Crippen LogP contribution >= 0.6 is 0 Å². The second-order valence-electron chi connectivity index (χ2n) is 5.39. The Hall–Kier alpha value is -2.34. The lowest BCUT2D eigenvalue weighted by molar-refractivity contribution is -0.131. The minimum Gasteiger partial charge on any atom is -0.478 e. The van der Waals surface area contributed by atoms with Crippen molar-refractivity contribution in [3.05, 3.63) is 35.9 Å². The van der Waals surface area contributed by atoms with Gasteiger partial charge in [0.05, 0.1) is 12.1 Å². The molecule has 1 aliphatic heterocycles. The fourth-order valence-corrected chi connectivity index (χ4v) is 2.17. The number of amides is 2. The van der Waals surface area contributed by atoms with Crippen molar-refractivity contribution in [1.29, 1.82) is 0 Å². The number of benzene rings is 1. The van der Waals surface area contributed by atoms with Crippen LogP contribution in [0.5, 0.6) is 0 Å². The van der Waals surface area contributed by atoms with Crippen LogP contribution in [-0.4, -0.2) is 45.8 Å². The number of carboxylic acids is 1. The highest BCUT2D eigenvalue weighted by Gasteiger charge is 2.33. The minimum absolute atomic E-state index is 0.249. The number of carboxylic acid groups (broad SMARTS) is 1. The Kier molecular flexibility index (Phi) is 4.28. The Morgan fingerprint density at radius 3 is 2.52 bits per heavy atom. The van der Waals surface area contributed by atoms with Crippen LogP contribution in [0.4, 0.5) is 10.5 Å². The average Bonchev–Trinajstić information content (AvgIpc) is 2.78. The Balaban J connectivity index is 1.94. The largest absolute Gasteiger partial charge is 0.478 e. The summed E-state index contributed by atoms with van der Waals surface area (Å²) in [5, 5.41) is 21.1. The van der Waals surface area contributed by atoms with Gasteiger partial charge in [-0.15, -0.1) is 0 Å². The molecule has 0 saturated carbocycles. The van der Waals surface area contributed by atoms with Crippen LogP contribution in [0, 0.1) is 0 Å². The molecule has 6 heteroatoms. The molecule has 2 rings (SSSR count).